The van der Waals surface area contributed by atoms with Crippen molar-refractivity contribution < 1.29 is 22.7 Å². The van der Waals surface area contributed by atoms with Crippen molar-refractivity contribution in [1.29, 1.82) is 0 Å². The molecule has 10 heteroatoms. The van der Waals surface area contributed by atoms with Gasteiger partial charge in [-0.05, 0) is 67.8 Å². The van der Waals surface area contributed by atoms with Gasteiger partial charge in [0.05, 0.1) is 24.8 Å². The van der Waals surface area contributed by atoms with E-state index in [1.54, 1.807) is 26.4 Å². The number of carbonyl (C=O) groups excluding carboxylic acids is 1. The van der Waals surface area contributed by atoms with Gasteiger partial charge in [-0.3, -0.25) is 9.10 Å². The molecular formula is C26H28Cl2N2O5S. The molecule has 0 bridgehead atoms. The Hall–Kier alpha value is -2.94. The van der Waals surface area contributed by atoms with Crippen LogP contribution in [-0.4, -0.2) is 41.6 Å². The first-order valence-corrected chi connectivity index (χ1v) is 13.4. The van der Waals surface area contributed by atoms with Crippen LogP contribution in [0.4, 0.5) is 5.69 Å². The second kappa shape index (κ2) is 12.3. The average molecular weight is 551 g/mol. The number of nitrogens with zero attached hydrogens (tertiary/aromatic N) is 1. The average Bonchev–Trinajstić information content (AvgIpc) is 2.84. The normalized spacial score (nSPS) is 11.1. The fourth-order valence-electron chi connectivity index (χ4n) is 3.58. The monoisotopic (exact) mass is 550 g/mol. The van der Waals surface area contributed by atoms with Gasteiger partial charge >= 0.3 is 0 Å². The van der Waals surface area contributed by atoms with E-state index in [2.05, 4.69) is 5.32 Å². The molecule has 0 fully saturated rings. The number of benzene rings is 3. The molecule has 0 unspecified atom stereocenters. The highest BCUT2D eigenvalue weighted by Gasteiger charge is 2.27. The first kappa shape index (κ1) is 27.6. The van der Waals surface area contributed by atoms with Crippen molar-refractivity contribution in [3.8, 4) is 11.5 Å². The van der Waals surface area contributed by atoms with Crippen molar-refractivity contribution in [3.05, 3.63) is 81.8 Å². The molecule has 0 aliphatic rings. The van der Waals surface area contributed by atoms with Gasteiger partial charge < -0.3 is 14.8 Å². The Morgan fingerprint density at radius 1 is 0.917 bits per heavy atom. The molecule has 0 heterocycles. The molecule has 0 saturated heterocycles. The number of carbonyl (C=O) groups is 1. The Morgan fingerprint density at radius 3 is 2.17 bits per heavy atom. The fraction of sp³-hybridized carbons (Fsp3) is 0.269. The molecule has 1 amide bonds. The highest BCUT2D eigenvalue weighted by molar-refractivity contribution is 7.92. The zero-order valence-corrected chi connectivity index (χ0v) is 22.6. The third kappa shape index (κ3) is 7.06. The maximum Gasteiger partial charge on any atom is 0.264 e. The van der Waals surface area contributed by atoms with Crippen molar-refractivity contribution >= 4 is 44.8 Å². The Labute approximate surface area is 222 Å². The first-order chi connectivity index (χ1) is 17.1. The van der Waals surface area contributed by atoms with Gasteiger partial charge in [-0.2, -0.15) is 0 Å². The maximum atomic E-state index is 13.5. The molecule has 0 atom stereocenters. The van der Waals surface area contributed by atoms with Crippen molar-refractivity contribution in [3.63, 3.8) is 0 Å². The molecule has 0 saturated carbocycles. The van der Waals surface area contributed by atoms with Crippen LogP contribution in [0.15, 0.2) is 65.6 Å². The number of methoxy groups -OCH3 is 2. The molecule has 3 aromatic rings. The maximum absolute atomic E-state index is 13.5. The van der Waals surface area contributed by atoms with Crippen LogP contribution in [-0.2, 0) is 21.2 Å². The van der Waals surface area contributed by atoms with Crippen molar-refractivity contribution in [2.75, 3.05) is 31.6 Å². The van der Waals surface area contributed by atoms with Gasteiger partial charge in [-0.15, -0.1) is 0 Å². The minimum atomic E-state index is -4.06. The standard InChI is InChI=1S/C26H28Cl2N2O5S/c1-18-6-9-23(10-7-18)36(32,33)30(22-15-20(27)14-21(28)16-22)17-26(31)29-12-4-5-19-8-11-24(34-2)25(13-19)35-3/h6-11,13-16H,4-5,12,17H2,1-3H3,(H,29,31). The zero-order valence-electron chi connectivity index (χ0n) is 20.3. The van der Waals surface area contributed by atoms with E-state index in [-0.39, 0.29) is 20.6 Å². The van der Waals surface area contributed by atoms with Gasteiger partial charge in [0.25, 0.3) is 10.0 Å². The number of hydrogen-bond acceptors (Lipinski definition) is 5. The molecule has 0 aliphatic heterocycles. The minimum Gasteiger partial charge on any atom is -0.493 e. The van der Waals surface area contributed by atoms with Crippen LogP contribution >= 0.6 is 23.2 Å². The smallest absolute Gasteiger partial charge is 0.264 e. The molecule has 3 rings (SSSR count). The number of rotatable bonds is 11. The number of ether oxygens (including phenoxy) is 2. The van der Waals surface area contributed by atoms with Crippen LogP contribution < -0.4 is 19.1 Å². The van der Waals surface area contributed by atoms with Crippen LogP contribution in [0.1, 0.15) is 17.5 Å². The summed E-state index contributed by atoms with van der Waals surface area (Å²) in [5.41, 5.74) is 2.14. The zero-order chi connectivity index (χ0) is 26.3. The van der Waals surface area contributed by atoms with E-state index in [0.29, 0.717) is 30.9 Å². The molecule has 0 aromatic heterocycles. The number of sulfonamides is 1. The molecule has 7 nitrogen and oxygen atoms in total. The Morgan fingerprint density at radius 2 is 1.56 bits per heavy atom. The van der Waals surface area contributed by atoms with E-state index in [1.165, 1.54) is 30.3 Å². The van der Waals surface area contributed by atoms with Gasteiger partial charge in [0.1, 0.15) is 6.54 Å². The summed E-state index contributed by atoms with van der Waals surface area (Å²) in [4.78, 5) is 12.9. The number of aryl methyl sites for hydroxylation is 2. The molecule has 36 heavy (non-hydrogen) atoms. The molecule has 3 aromatic carbocycles. The van der Waals surface area contributed by atoms with Gasteiger partial charge in [-0.25, -0.2) is 8.42 Å². The lowest BCUT2D eigenvalue weighted by Crippen LogP contribution is -2.41. The van der Waals surface area contributed by atoms with Gasteiger partial charge in [-0.1, -0.05) is 47.0 Å². The lowest BCUT2D eigenvalue weighted by atomic mass is 10.1. The van der Waals surface area contributed by atoms with Crippen molar-refractivity contribution in [2.24, 2.45) is 0 Å². The van der Waals surface area contributed by atoms with Gasteiger partial charge in [0, 0.05) is 16.6 Å². The van der Waals surface area contributed by atoms with E-state index in [1.807, 2.05) is 25.1 Å². The second-order valence-electron chi connectivity index (χ2n) is 8.10. The lowest BCUT2D eigenvalue weighted by Gasteiger charge is -2.24. The number of halogens is 2. The van der Waals surface area contributed by atoms with E-state index in [0.717, 1.165) is 15.4 Å². The summed E-state index contributed by atoms with van der Waals surface area (Å²) >= 11 is 12.3. The van der Waals surface area contributed by atoms with Crippen LogP contribution in [0.25, 0.3) is 0 Å². The number of hydrogen-bond donors (Lipinski definition) is 1. The Bertz CT molecular complexity index is 1290. The summed E-state index contributed by atoms with van der Waals surface area (Å²) in [7, 11) is -0.907. The van der Waals surface area contributed by atoms with E-state index >= 15 is 0 Å². The summed E-state index contributed by atoms with van der Waals surface area (Å²) in [6.07, 6.45) is 1.34. The fourth-order valence-corrected chi connectivity index (χ4v) is 5.50. The highest BCUT2D eigenvalue weighted by Crippen LogP contribution is 2.30. The summed E-state index contributed by atoms with van der Waals surface area (Å²) in [6.45, 7) is 1.80. The van der Waals surface area contributed by atoms with Crippen LogP contribution in [0.3, 0.4) is 0 Å². The summed E-state index contributed by atoms with van der Waals surface area (Å²) < 4.78 is 38.5. The lowest BCUT2D eigenvalue weighted by molar-refractivity contribution is -0.119. The summed E-state index contributed by atoms with van der Waals surface area (Å²) in [6, 6.07) is 16.5. The SMILES string of the molecule is COc1ccc(CCCNC(=O)CN(c2cc(Cl)cc(Cl)c2)S(=O)(=O)c2ccc(C)cc2)cc1OC. The van der Waals surface area contributed by atoms with Crippen molar-refractivity contribution in [2.45, 2.75) is 24.7 Å². The number of anilines is 1. The van der Waals surface area contributed by atoms with E-state index in [4.69, 9.17) is 32.7 Å². The predicted molar refractivity (Wildman–Crippen MR) is 143 cm³/mol. The first-order valence-electron chi connectivity index (χ1n) is 11.2. The van der Waals surface area contributed by atoms with E-state index in [9.17, 15) is 13.2 Å². The van der Waals surface area contributed by atoms with Gasteiger partial charge in [0.15, 0.2) is 11.5 Å². The minimum absolute atomic E-state index is 0.0606. The topological polar surface area (TPSA) is 84.9 Å². The van der Waals surface area contributed by atoms with Gasteiger partial charge in [0.2, 0.25) is 5.91 Å². The molecule has 0 spiro atoms. The molecular weight excluding hydrogens is 523 g/mol. The summed E-state index contributed by atoms with van der Waals surface area (Å²) in [5, 5.41) is 3.32. The van der Waals surface area contributed by atoms with E-state index < -0.39 is 22.5 Å². The Balaban J connectivity index is 1.71. The van der Waals surface area contributed by atoms with Crippen LogP contribution in [0.5, 0.6) is 11.5 Å². The van der Waals surface area contributed by atoms with Crippen molar-refractivity contribution in [1.82, 2.24) is 5.32 Å². The predicted octanol–water partition coefficient (Wildman–Crippen LogP) is 5.26. The third-order valence-corrected chi connectivity index (χ3v) is 7.67. The third-order valence-electron chi connectivity index (χ3n) is 5.44. The number of nitrogens with one attached hydrogen (secondary N) is 1. The van der Waals surface area contributed by atoms with Crippen LogP contribution in [0.2, 0.25) is 10.0 Å². The number of amides is 1. The Kier molecular flexibility index (Phi) is 9.48. The quantitative estimate of drug-likeness (QED) is 0.329. The van der Waals surface area contributed by atoms with Crippen LogP contribution in [0, 0.1) is 6.92 Å². The summed E-state index contributed by atoms with van der Waals surface area (Å²) in [5.74, 6) is 0.829. The molecule has 0 aliphatic carbocycles. The molecule has 1 N–H and O–H groups in total. The molecule has 192 valence electrons. The molecule has 0 radical (unpaired) electrons. The largest absolute Gasteiger partial charge is 0.493 e. The highest BCUT2D eigenvalue weighted by atomic mass is 35.5. The second-order valence-corrected chi connectivity index (χ2v) is 10.8.